The van der Waals surface area contributed by atoms with Crippen molar-refractivity contribution in [3.63, 3.8) is 0 Å². The zero-order valence-corrected chi connectivity index (χ0v) is 15.0. The number of aromatic nitrogens is 3. The van der Waals surface area contributed by atoms with Crippen molar-refractivity contribution in [2.75, 3.05) is 18.2 Å². The molecule has 0 atom stereocenters. The first kappa shape index (κ1) is 18.1. The molecule has 27 heavy (non-hydrogen) atoms. The van der Waals surface area contributed by atoms with E-state index in [0.717, 1.165) is 11.3 Å². The Hall–Kier alpha value is -3.68. The summed E-state index contributed by atoms with van der Waals surface area (Å²) in [4.78, 5) is 24.5. The zero-order valence-electron chi connectivity index (χ0n) is 15.0. The summed E-state index contributed by atoms with van der Waals surface area (Å²) in [6.45, 7) is 1.83. The molecule has 0 bridgehead atoms. The van der Waals surface area contributed by atoms with Gasteiger partial charge in [-0.2, -0.15) is 15.0 Å². The van der Waals surface area contributed by atoms with Gasteiger partial charge in [0.05, 0.1) is 12.7 Å². The molecule has 3 N–H and O–H groups in total. The largest absolute Gasteiger partial charge is 0.497 e. The van der Waals surface area contributed by atoms with Gasteiger partial charge in [0.2, 0.25) is 11.9 Å². The molecule has 0 radical (unpaired) electrons. The highest BCUT2D eigenvalue weighted by Crippen LogP contribution is 2.18. The number of nitrogen functional groups attached to an aromatic ring is 1. The number of rotatable bonds is 6. The second-order valence-corrected chi connectivity index (χ2v) is 5.68. The predicted molar refractivity (Wildman–Crippen MR) is 101 cm³/mol. The van der Waals surface area contributed by atoms with Crippen LogP contribution < -0.4 is 15.8 Å². The zero-order chi connectivity index (χ0) is 19.2. The summed E-state index contributed by atoms with van der Waals surface area (Å²) in [5.41, 5.74) is 8.00. The van der Waals surface area contributed by atoms with Crippen LogP contribution in [-0.4, -0.2) is 28.0 Å². The maximum atomic E-state index is 12.2. The number of anilines is 3. The molecule has 1 aromatic heterocycles. The lowest BCUT2D eigenvalue weighted by Gasteiger charge is -2.10. The summed E-state index contributed by atoms with van der Waals surface area (Å²) in [5.74, 6) is 0.618. The molecule has 3 rings (SSSR count). The SMILES string of the molecule is COc1cccc(C(=O)OCc2nc(N)nc(Nc3ccccc3C)n2)c1. The fourth-order valence-electron chi connectivity index (χ4n) is 2.36. The summed E-state index contributed by atoms with van der Waals surface area (Å²) >= 11 is 0. The molecule has 3 aromatic rings. The summed E-state index contributed by atoms with van der Waals surface area (Å²) in [5, 5.41) is 3.09. The first-order valence-electron chi connectivity index (χ1n) is 8.19. The maximum Gasteiger partial charge on any atom is 0.338 e. The number of benzene rings is 2. The number of nitrogens with two attached hydrogens (primary N) is 1. The maximum absolute atomic E-state index is 12.2. The van der Waals surface area contributed by atoms with E-state index in [-0.39, 0.29) is 24.3 Å². The summed E-state index contributed by atoms with van der Waals surface area (Å²) in [6.07, 6.45) is 0. The van der Waals surface area contributed by atoms with Crippen LogP contribution in [0.2, 0.25) is 0 Å². The lowest BCUT2D eigenvalue weighted by Crippen LogP contribution is -2.11. The number of ether oxygens (including phenoxy) is 2. The first-order valence-corrected chi connectivity index (χ1v) is 8.19. The smallest absolute Gasteiger partial charge is 0.338 e. The third-order valence-electron chi connectivity index (χ3n) is 3.73. The quantitative estimate of drug-likeness (QED) is 0.641. The molecular formula is C19H19N5O3. The number of nitrogens with zero attached hydrogens (tertiary/aromatic N) is 3. The molecule has 0 saturated carbocycles. The monoisotopic (exact) mass is 365 g/mol. The van der Waals surface area contributed by atoms with E-state index in [1.54, 1.807) is 24.3 Å². The molecule has 8 heteroatoms. The van der Waals surface area contributed by atoms with E-state index in [2.05, 4.69) is 20.3 Å². The molecule has 0 aliphatic carbocycles. The Morgan fingerprint density at radius 3 is 2.70 bits per heavy atom. The van der Waals surface area contributed by atoms with Crippen LogP contribution in [0.5, 0.6) is 5.75 Å². The average Bonchev–Trinajstić information content (AvgIpc) is 2.67. The molecule has 138 valence electrons. The van der Waals surface area contributed by atoms with Crippen molar-refractivity contribution in [3.05, 3.63) is 65.5 Å². The van der Waals surface area contributed by atoms with Crippen LogP contribution >= 0.6 is 0 Å². The molecule has 8 nitrogen and oxygen atoms in total. The number of nitrogens with one attached hydrogen (secondary N) is 1. The van der Waals surface area contributed by atoms with Gasteiger partial charge in [-0.3, -0.25) is 0 Å². The molecule has 0 aliphatic heterocycles. The number of aryl methyl sites for hydroxylation is 1. The van der Waals surface area contributed by atoms with Crippen molar-refractivity contribution < 1.29 is 14.3 Å². The summed E-state index contributed by atoms with van der Waals surface area (Å²) < 4.78 is 10.4. The molecule has 0 fully saturated rings. The summed E-state index contributed by atoms with van der Waals surface area (Å²) in [7, 11) is 1.53. The first-order chi connectivity index (χ1) is 13.0. The Morgan fingerprint density at radius 2 is 1.93 bits per heavy atom. The Bertz CT molecular complexity index is 962. The van der Waals surface area contributed by atoms with Gasteiger partial charge in [-0.15, -0.1) is 0 Å². The fourth-order valence-corrected chi connectivity index (χ4v) is 2.36. The van der Waals surface area contributed by atoms with E-state index in [0.29, 0.717) is 11.3 Å². The number of methoxy groups -OCH3 is 1. The average molecular weight is 365 g/mol. The van der Waals surface area contributed by atoms with Gasteiger partial charge in [0.1, 0.15) is 5.75 Å². The van der Waals surface area contributed by atoms with Crippen LogP contribution in [0.1, 0.15) is 21.7 Å². The van der Waals surface area contributed by atoms with Gasteiger partial charge in [0.25, 0.3) is 0 Å². The van der Waals surface area contributed by atoms with Crippen LogP contribution in [0.15, 0.2) is 48.5 Å². The number of carbonyl (C=O) groups excluding carboxylic acids is 1. The Balaban J connectivity index is 1.71. The minimum absolute atomic E-state index is 0.0357. The fraction of sp³-hybridized carbons (Fsp3) is 0.158. The van der Waals surface area contributed by atoms with Crippen LogP contribution in [0.25, 0.3) is 0 Å². The minimum atomic E-state index is -0.513. The highest BCUT2D eigenvalue weighted by molar-refractivity contribution is 5.89. The van der Waals surface area contributed by atoms with Gasteiger partial charge in [0, 0.05) is 5.69 Å². The molecular weight excluding hydrogens is 346 g/mol. The van der Waals surface area contributed by atoms with E-state index in [1.165, 1.54) is 7.11 Å². The molecule has 0 amide bonds. The van der Waals surface area contributed by atoms with Crippen molar-refractivity contribution in [1.82, 2.24) is 15.0 Å². The topological polar surface area (TPSA) is 112 Å². The van der Waals surface area contributed by atoms with Crippen LogP contribution in [-0.2, 0) is 11.3 Å². The minimum Gasteiger partial charge on any atom is -0.497 e. The lowest BCUT2D eigenvalue weighted by molar-refractivity contribution is 0.0462. The number of hydrogen-bond acceptors (Lipinski definition) is 8. The lowest BCUT2D eigenvalue weighted by atomic mass is 10.2. The highest BCUT2D eigenvalue weighted by atomic mass is 16.5. The molecule has 2 aromatic carbocycles. The molecule has 0 unspecified atom stereocenters. The van der Waals surface area contributed by atoms with Crippen LogP contribution in [0, 0.1) is 6.92 Å². The van der Waals surface area contributed by atoms with E-state index in [9.17, 15) is 4.79 Å². The van der Waals surface area contributed by atoms with Gasteiger partial charge < -0.3 is 20.5 Å². The van der Waals surface area contributed by atoms with Crippen molar-refractivity contribution >= 4 is 23.6 Å². The predicted octanol–water partition coefficient (Wildman–Crippen LogP) is 2.87. The standard InChI is InChI=1S/C19H19N5O3/c1-12-6-3-4-9-15(12)21-19-23-16(22-18(20)24-19)11-27-17(25)13-7-5-8-14(10-13)26-2/h3-10H,11H2,1-2H3,(H3,20,21,22,23,24). The van der Waals surface area contributed by atoms with Crippen molar-refractivity contribution in [3.8, 4) is 5.75 Å². The highest BCUT2D eigenvalue weighted by Gasteiger charge is 2.11. The third kappa shape index (κ3) is 4.69. The van der Waals surface area contributed by atoms with Crippen molar-refractivity contribution in [1.29, 1.82) is 0 Å². The second kappa shape index (κ2) is 8.13. The van der Waals surface area contributed by atoms with Crippen molar-refractivity contribution in [2.24, 2.45) is 0 Å². The number of esters is 1. The molecule has 0 saturated heterocycles. The Labute approximate surface area is 156 Å². The number of para-hydroxylation sites is 1. The van der Waals surface area contributed by atoms with Gasteiger partial charge >= 0.3 is 5.97 Å². The van der Waals surface area contributed by atoms with E-state index >= 15 is 0 Å². The Morgan fingerprint density at radius 1 is 1.11 bits per heavy atom. The van der Waals surface area contributed by atoms with Crippen LogP contribution in [0.3, 0.4) is 0 Å². The van der Waals surface area contributed by atoms with E-state index in [4.69, 9.17) is 15.2 Å². The van der Waals surface area contributed by atoms with Crippen molar-refractivity contribution in [2.45, 2.75) is 13.5 Å². The second-order valence-electron chi connectivity index (χ2n) is 5.68. The van der Waals surface area contributed by atoms with Gasteiger partial charge in [-0.1, -0.05) is 24.3 Å². The third-order valence-corrected chi connectivity index (χ3v) is 3.73. The number of carbonyl (C=O) groups is 1. The van der Waals surface area contributed by atoms with E-state index < -0.39 is 5.97 Å². The van der Waals surface area contributed by atoms with E-state index in [1.807, 2.05) is 31.2 Å². The van der Waals surface area contributed by atoms with Crippen LogP contribution in [0.4, 0.5) is 17.6 Å². The normalized spacial score (nSPS) is 10.3. The molecule has 0 spiro atoms. The van der Waals surface area contributed by atoms with Gasteiger partial charge in [-0.05, 0) is 36.8 Å². The number of hydrogen-bond donors (Lipinski definition) is 2. The Kier molecular flexibility index (Phi) is 5.46. The molecule has 0 aliphatic rings. The van der Waals surface area contributed by atoms with Gasteiger partial charge in [-0.25, -0.2) is 4.79 Å². The van der Waals surface area contributed by atoms with Gasteiger partial charge in [0.15, 0.2) is 12.4 Å². The summed E-state index contributed by atoms with van der Waals surface area (Å²) in [6, 6.07) is 14.4. The molecule has 1 heterocycles.